The smallest absolute Gasteiger partial charge is 0.431 e. The minimum Gasteiger partial charge on any atom is -0.431 e. The van der Waals surface area contributed by atoms with Crippen LogP contribution in [0.3, 0.4) is 0 Å². The molecule has 0 spiro atoms. The summed E-state index contributed by atoms with van der Waals surface area (Å²) in [7, 11) is 0. The van der Waals surface area contributed by atoms with Crippen molar-refractivity contribution in [2.24, 2.45) is 0 Å². The van der Waals surface area contributed by atoms with Gasteiger partial charge in [-0.05, 0) is 37.0 Å². The van der Waals surface area contributed by atoms with E-state index in [1.807, 2.05) is 37.3 Å². The molecular formula is C21H25NO6. The number of hydrogen-bond acceptors (Lipinski definition) is 6. The van der Waals surface area contributed by atoms with E-state index in [1.165, 1.54) is 24.3 Å². The van der Waals surface area contributed by atoms with Gasteiger partial charge in [0.25, 0.3) is 5.69 Å². The fourth-order valence-corrected chi connectivity index (χ4v) is 2.65. The number of nitro benzene ring substituents is 1. The highest BCUT2D eigenvalue weighted by atomic mass is 16.7. The zero-order valence-corrected chi connectivity index (χ0v) is 15.9. The highest BCUT2D eigenvalue weighted by Crippen LogP contribution is 2.19. The molecule has 0 N–H and O–H groups in total. The fraction of sp³-hybridized carbons (Fsp3) is 0.381. The molecule has 28 heavy (non-hydrogen) atoms. The van der Waals surface area contributed by atoms with Crippen LogP contribution in [0.4, 0.5) is 10.5 Å². The van der Waals surface area contributed by atoms with Gasteiger partial charge in [-0.1, -0.05) is 43.7 Å². The largest absolute Gasteiger partial charge is 0.514 e. The first-order chi connectivity index (χ1) is 13.6. The Morgan fingerprint density at radius 1 is 1.07 bits per heavy atom. The molecule has 2 rings (SSSR count). The molecule has 0 aliphatic rings. The van der Waals surface area contributed by atoms with Gasteiger partial charge in [-0.3, -0.25) is 10.1 Å². The van der Waals surface area contributed by atoms with Crippen LogP contribution in [-0.4, -0.2) is 23.8 Å². The Balaban J connectivity index is 1.71. The van der Waals surface area contributed by atoms with E-state index in [-0.39, 0.29) is 17.5 Å². The Labute approximate surface area is 164 Å². The average molecular weight is 387 g/mol. The van der Waals surface area contributed by atoms with Crippen molar-refractivity contribution in [3.05, 3.63) is 70.3 Å². The third-order valence-electron chi connectivity index (χ3n) is 4.05. The molecule has 0 saturated carbocycles. The topological polar surface area (TPSA) is 87.9 Å². The third kappa shape index (κ3) is 7.75. The van der Waals surface area contributed by atoms with E-state index in [0.717, 1.165) is 24.8 Å². The number of rotatable bonds is 11. The number of carbonyl (C=O) groups excluding carboxylic acids is 1. The Hall–Kier alpha value is -2.93. The van der Waals surface area contributed by atoms with Crippen molar-refractivity contribution in [3.8, 4) is 5.75 Å². The molecule has 1 unspecified atom stereocenters. The molecule has 0 radical (unpaired) electrons. The van der Waals surface area contributed by atoms with Crippen molar-refractivity contribution < 1.29 is 23.9 Å². The fourth-order valence-electron chi connectivity index (χ4n) is 2.65. The predicted octanol–water partition coefficient (Wildman–Crippen LogP) is 5.28. The summed E-state index contributed by atoms with van der Waals surface area (Å²) < 4.78 is 16.1. The van der Waals surface area contributed by atoms with Crippen LogP contribution >= 0.6 is 0 Å². The first-order valence-electron chi connectivity index (χ1n) is 9.33. The summed E-state index contributed by atoms with van der Waals surface area (Å²) >= 11 is 0. The van der Waals surface area contributed by atoms with Crippen molar-refractivity contribution >= 4 is 11.8 Å². The van der Waals surface area contributed by atoms with Crippen LogP contribution in [0.5, 0.6) is 5.75 Å². The van der Waals surface area contributed by atoms with E-state index in [0.29, 0.717) is 19.6 Å². The van der Waals surface area contributed by atoms with E-state index in [2.05, 4.69) is 0 Å². The van der Waals surface area contributed by atoms with Crippen molar-refractivity contribution in [2.45, 2.75) is 45.3 Å². The average Bonchev–Trinajstić information content (AvgIpc) is 2.69. The predicted molar refractivity (Wildman–Crippen MR) is 104 cm³/mol. The van der Waals surface area contributed by atoms with Gasteiger partial charge in [-0.2, -0.15) is 0 Å². The minimum absolute atomic E-state index is 0.0694. The Kier molecular flexibility index (Phi) is 8.94. The summed E-state index contributed by atoms with van der Waals surface area (Å²) in [6.45, 7) is 3.15. The maximum Gasteiger partial charge on any atom is 0.514 e. The number of carbonyl (C=O) groups is 1. The molecule has 150 valence electrons. The summed E-state index contributed by atoms with van der Waals surface area (Å²) in [5, 5.41) is 10.6. The second kappa shape index (κ2) is 11.7. The number of nitro groups is 1. The standard InChI is InChI=1S/C21H25NO6/c1-2-7-19(10-6-15-26-16-17-8-4-3-5-9-17)27-21(23)28-20-13-11-18(12-14-20)22(24)25/h3-5,8-9,11-14,19H,2,6-7,10,15-16H2,1H3. The summed E-state index contributed by atoms with van der Waals surface area (Å²) in [5.74, 6) is 0.206. The van der Waals surface area contributed by atoms with Crippen molar-refractivity contribution in [3.63, 3.8) is 0 Å². The lowest BCUT2D eigenvalue weighted by Gasteiger charge is -2.17. The van der Waals surface area contributed by atoms with Gasteiger partial charge in [0, 0.05) is 18.7 Å². The monoisotopic (exact) mass is 387 g/mol. The molecule has 0 amide bonds. The Morgan fingerprint density at radius 2 is 1.79 bits per heavy atom. The molecule has 0 bridgehead atoms. The van der Waals surface area contributed by atoms with E-state index >= 15 is 0 Å². The van der Waals surface area contributed by atoms with Crippen LogP contribution < -0.4 is 4.74 Å². The number of hydrogen-bond donors (Lipinski definition) is 0. The molecule has 0 aromatic heterocycles. The zero-order chi connectivity index (χ0) is 20.2. The van der Waals surface area contributed by atoms with E-state index < -0.39 is 11.1 Å². The highest BCUT2D eigenvalue weighted by molar-refractivity contribution is 5.64. The third-order valence-corrected chi connectivity index (χ3v) is 4.05. The molecule has 2 aromatic carbocycles. The van der Waals surface area contributed by atoms with Crippen molar-refractivity contribution in [1.82, 2.24) is 0 Å². The van der Waals surface area contributed by atoms with Crippen LogP contribution in [-0.2, 0) is 16.1 Å². The highest BCUT2D eigenvalue weighted by Gasteiger charge is 2.16. The van der Waals surface area contributed by atoms with Gasteiger partial charge in [-0.15, -0.1) is 0 Å². The summed E-state index contributed by atoms with van der Waals surface area (Å²) in [6, 6.07) is 15.2. The van der Waals surface area contributed by atoms with Gasteiger partial charge in [0.2, 0.25) is 0 Å². The van der Waals surface area contributed by atoms with Crippen molar-refractivity contribution in [2.75, 3.05) is 6.61 Å². The molecule has 0 aliphatic carbocycles. The molecule has 2 aromatic rings. The normalized spacial score (nSPS) is 11.6. The lowest BCUT2D eigenvalue weighted by atomic mass is 10.1. The molecule has 7 nitrogen and oxygen atoms in total. The number of non-ortho nitro benzene ring substituents is 1. The molecule has 0 aliphatic heterocycles. The van der Waals surface area contributed by atoms with Gasteiger partial charge in [-0.25, -0.2) is 4.79 Å². The maximum absolute atomic E-state index is 12.0. The van der Waals surface area contributed by atoms with E-state index in [9.17, 15) is 14.9 Å². The molecule has 0 saturated heterocycles. The summed E-state index contributed by atoms with van der Waals surface area (Å²) in [5.41, 5.74) is 1.05. The summed E-state index contributed by atoms with van der Waals surface area (Å²) in [6.07, 6.45) is 1.99. The van der Waals surface area contributed by atoms with Crippen LogP contribution in [0, 0.1) is 10.1 Å². The van der Waals surface area contributed by atoms with Crippen LogP contribution in [0.1, 0.15) is 38.2 Å². The van der Waals surface area contributed by atoms with E-state index in [4.69, 9.17) is 14.2 Å². The second-order valence-electron chi connectivity index (χ2n) is 6.31. The van der Waals surface area contributed by atoms with Crippen LogP contribution in [0.2, 0.25) is 0 Å². The quantitative estimate of drug-likeness (QED) is 0.171. The zero-order valence-electron chi connectivity index (χ0n) is 15.9. The minimum atomic E-state index is -0.808. The number of nitrogens with zero attached hydrogens (tertiary/aromatic N) is 1. The molecular weight excluding hydrogens is 362 g/mol. The number of ether oxygens (including phenoxy) is 3. The van der Waals surface area contributed by atoms with Gasteiger partial charge in [0.1, 0.15) is 11.9 Å². The van der Waals surface area contributed by atoms with Gasteiger partial charge < -0.3 is 14.2 Å². The van der Waals surface area contributed by atoms with Crippen molar-refractivity contribution in [1.29, 1.82) is 0 Å². The Morgan fingerprint density at radius 3 is 2.43 bits per heavy atom. The molecule has 0 heterocycles. The SMILES string of the molecule is CCCC(CCCOCc1ccccc1)OC(=O)Oc1ccc([N+](=O)[O-])cc1. The lowest BCUT2D eigenvalue weighted by Crippen LogP contribution is -2.21. The number of benzene rings is 2. The second-order valence-corrected chi connectivity index (χ2v) is 6.31. The van der Waals surface area contributed by atoms with E-state index in [1.54, 1.807) is 0 Å². The summed E-state index contributed by atoms with van der Waals surface area (Å²) in [4.78, 5) is 22.1. The molecule has 0 fully saturated rings. The van der Waals surface area contributed by atoms with Gasteiger partial charge in [0.15, 0.2) is 0 Å². The Bertz CT molecular complexity index is 732. The van der Waals surface area contributed by atoms with Crippen LogP contribution in [0.25, 0.3) is 0 Å². The first-order valence-corrected chi connectivity index (χ1v) is 9.33. The molecule has 1 atom stereocenters. The lowest BCUT2D eigenvalue weighted by molar-refractivity contribution is -0.384. The molecule has 7 heteroatoms. The van der Waals surface area contributed by atoms with Gasteiger partial charge in [0.05, 0.1) is 11.5 Å². The van der Waals surface area contributed by atoms with Gasteiger partial charge >= 0.3 is 6.16 Å². The van der Waals surface area contributed by atoms with Crippen LogP contribution in [0.15, 0.2) is 54.6 Å². The maximum atomic E-state index is 12.0. The first kappa shape index (κ1) is 21.4.